The normalized spacial score (nSPS) is 11.6. The van der Waals surface area contributed by atoms with Gasteiger partial charge in [-0.1, -0.05) is 30.3 Å². The fourth-order valence-electron chi connectivity index (χ4n) is 1.87. The van der Waals surface area contributed by atoms with Gasteiger partial charge in [0, 0.05) is 25.7 Å². The van der Waals surface area contributed by atoms with E-state index in [1.807, 2.05) is 30.3 Å². The van der Waals surface area contributed by atoms with E-state index >= 15 is 0 Å². The Bertz CT molecular complexity index is 615. The number of carbonyl (C=O) groups is 1. The van der Waals surface area contributed by atoms with Crippen LogP contribution < -0.4 is 16.0 Å². The number of benzene rings is 1. The highest BCUT2D eigenvalue weighted by Gasteiger charge is 2.13. The summed E-state index contributed by atoms with van der Waals surface area (Å²) in [5.74, 6) is 1.80. The van der Waals surface area contributed by atoms with Gasteiger partial charge < -0.3 is 16.0 Å². The Kier molecular flexibility index (Phi) is 4.71. The summed E-state index contributed by atoms with van der Waals surface area (Å²) in [4.78, 5) is 20.5. The highest BCUT2D eigenvalue weighted by Crippen LogP contribution is 2.20. The van der Waals surface area contributed by atoms with Crippen molar-refractivity contribution < 1.29 is 4.79 Å². The van der Waals surface area contributed by atoms with Crippen molar-refractivity contribution in [2.75, 3.05) is 24.7 Å². The van der Waals surface area contributed by atoms with E-state index in [0.29, 0.717) is 17.5 Å². The van der Waals surface area contributed by atoms with Crippen LogP contribution in [0.15, 0.2) is 36.4 Å². The van der Waals surface area contributed by atoms with E-state index in [-0.39, 0.29) is 11.9 Å². The Morgan fingerprint density at radius 2 is 1.76 bits per heavy atom. The van der Waals surface area contributed by atoms with E-state index in [4.69, 9.17) is 0 Å². The lowest BCUT2D eigenvalue weighted by molar-refractivity contribution is -0.121. The van der Waals surface area contributed by atoms with Crippen molar-refractivity contribution in [2.24, 2.45) is 0 Å². The summed E-state index contributed by atoms with van der Waals surface area (Å²) in [6, 6.07) is 11.1. The van der Waals surface area contributed by atoms with Gasteiger partial charge in [-0.15, -0.1) is 0 Å². The molecule has 0 saturated heterocycles. The molecule has 0 radical (unpaired) electrons. The number of likely N-dealkylation sites (N-methyl/N-ethyl adjacent to an activating group) is 1. The average Bonchev–Trinajstić information content (AvgIpc) is 2.54. The molecule has 1 unspecified atom stereocenters. The Balaban J connectivity index is 2.32. The van der Waals surface area contributed by atoms with Crippen LogP contribution in [0.4, 0.5) is 11.6 Å². The van der Waals surface area contributed by atoms with Crippen molar-refractivity contribution in [2.45, 2.75) is 13.0 Å². The molecule has 0 spiro atoms. The van der Waals surface area contributed by atoms with Crippen LogP contribution in [0.3, 0.4) is 0 Å². The van der Waals surface area contributed by atoms with Crippen LogP contribution >= 0.6 is 0 Å². The van der Waals surface area contributed by atoms with E-state index in [2.05, 4.69) is 25.9 Å². The molecule has 6 nitrogen and oxygen atoms in total. The molecule has 0 aliphatic rings. The largest absolute Gasteiger partial charge is 0.373 e. The van der Waals surface area contributed by atoms with Crippen LogP contribution in [-0.2, 0) is 4.79 Å². The minimum atomic E-state index is -0.377. The Labute approximate surface area is 124 Å². The lowest BCUT2D eigenvalue weighted by atomic mass is 10.2. The lowest BCUT2D eigenvalue weighted by Crippen LogP contribution is -2.35. The number of aromatic nitrogens is 2. The number of anilines is 2. The zero-order valence-corrected chi connectivity index (χ0v) is 12.3. The zero-order valence-electron chi connectivity index (χ0n) is 12.3. The van der Waals surface area contributed by atoms with Gasteiger partial charge >= 0.3 is 0 Å². The number of carbonyl (C=O) groups excluding carboxylic acids is 1. The van der Waals surface area contributed by atoms with Gasteiger partial charge in [0.25, 0.3) is 0 Å². The van der Waals surface area contributed by atoms with Crippen LogP contribution in [0.1, 0.15) is 6.92 Å². The quantitative estimate of drug-likeness (QED) is 0.779. The van der Waals surface area contributed by atoms with E-state index in [9.17, 15) is 4.79 Å². The number of nitrogens with zero attached hydrogens (tertiary/aromatic N) is 2. The SMILES string of the molecule is CNC(=O)C(C)Nc1cc(NC)nc(-c2ccccc2)n1. The summed E-state index contributed by atoms with van der Waals surface area (Å²) in [5, 5.41) is 8.68. The van der Waals surface area contributed by atoms with Crippen LogP contribution in [0, 0.1) is 0 Å². The minimum absolute atomic E-state index is 0.0964. The first-order valence-electron chi connectivity index (χ1n) is 6.74. The highest BCUT2D eigenvalue weighted by atomic mass is 16.2. The van der Waals surface area contributed by atoms with E-state index in [1.165, 1.54) is 0 Å². The second-order valence-corrected chi connectivity index (χ2v) is 4.56. The summed E-state index contributed by atoms with van der Waals surface area (Å²) in [7, 11) is 3.40. The molecular weight excluding hydrogens is 266 g/mol. The van der Waals surface area contributed by atoms with Crippen molar-refractivity contribution in [3.63, 3.8) is 0 Å². The molecule has 0 bridgehead atoms. The maximum absolute atomic E-state index is 11.6. The maximum Gasteiger partial charge on any atom is 0.241 e. The first-order chi connectivity index (χ1) is 10.1. The van der Waals surface area contributed by atoms with Gasteiger partial charge in [-0.2, -0.15) is 0 Å². The molecule has 1 amide bonds. The number of rotatable bonds is 5. The van der Waals surface area contributed by atoms with Crippen molar-refractivity contribution in [1.29, 1.82) is 0 Å². The zero-order chi connectivity index (χ0) is 15.2. The molecule has 2 aromatic rings. The average molecular weight is 285 g/mol. The van der Waals surface area contributed by atoms with Gasteiger partial charge in [-0.3, -0.25) is 4.79 Å². The summed E-state index contributed by atoms with van der Waals surface area (Å²) in [5.41, 5.74) is 0.922. The van der Waals surface area contributed by atoms with E-state index in [1.54, 1.807) is 27.1 Å². The minimum Gasteiger partial charge on any atom is -0.373 e. The van der Waals surface area contributed by atoms with Crippen molar-refractivity contribution in [3.8, 4) is 11.4 Å². The number of hydrogen-bond donors (Lipinski definition) is 3. The molecular formula is C15H19N5O. The maximum atomic E-state index is 11.6. The van der Waals surface area contributed by atoms with Gasteiger partial charge in [-0.25, -0.2) is 9.97 Å². The third kappa shape index (κ3) is 3.68. The van der Waals surface area contributed by atoms with Gasteiger partial charge in [0.05, 0.1) is 0 Å². The van der Waals surface area contributed by atoms with Crippen molar-refractivity contribution >= 4 is 17.5 Å². The predicted molar refractivity (Wildman–Crippen MR) is 84.2 cm³/mol. The third-order valence-corrected chi connectivity index (χ3v) is 3.02. The molecule has 2 rings (SSSR count). The van der Waals surface area contributed by atoms with Gasteiger partial charge in [0.15, 0.2) is 5.82 Å². The first-order valence-corrected chi connectivity index (χ1v) is 6.74. The summed E-state index contributed by atoms with van der Waals surface area (Å²) in [6.07, 6.45) is 0. The molecule has 0 fully saturated rings. The van der Waals surface area contributed by atoms with Crippen molar-refractivity contribution in [1.82, 2.24) is 15.3 Å². The Hall–Kier alpha value is -2.63. The van der Waals surface area contributed by atoms with Gasteiger partial charge in [0.2, 0.25) is 5.91 Å². The molecule has 1 aromatic carbocycles. The van der Waals surface area contributed by atoms with Crippen LogP contribution in [-0.4, -0.2) is 36.0 Å². The molecule has 1 aromatic heterocycles. The number of hydrogen-bond acceptors (Lipinski definition) is 5. The smallest absolute Gasteiger partial charge is 0.241 e. The van der Waals surface area contributed by atoms with Gasteiger partial charge in [-0.05, 0) is 6.92 Å². The number of nitrogens with one attached hydrogen (secondary N) is 3. The molecule has 0 saturated carbocycles. The molecule has 3 N–H and O–H groups in total. The summed E-state index contributed by atoms with van der Waals surface area (Å²) < 4.78 is 0. The topological polar surface area (TPSA) is 78.9 Å². The fraction of sp³-hybridized carbons (Fsp3) is 0.267. The lowest BCUT2D eigenvalue weighted by Gasteiger charge is -2.14. The summed E-state index contributed by atoms with van der Waals surface area (Å²) in [6.45, 7) is 1.78. The Morgan fingerprint density at radius 1 is 1.10 bits per heavy atom. The van der Waals surface area contributed by atoms with Crippen LogP contribution in [0.5, 0.6) is 0 Å². The van der Waals surface area contributed by atoms with E-state index in [0.717, 1.165) is 5.56 Å². The van der Waals surface area contributed by atoms with Crippen molar-refractivity contribution in [3.05, 3.63) is 36.4 Å². The molecule has 0 aliphatic heterocycles. The van der Waals surface area contributed by atoms with Crippen LogP contribution in [0.25, 0.3) is 11.4 Å². The fourth-order valence-corrected chi connectivity index (χ4v) is 1.87. The molecule has 1 heterocycles. The molecule has 0 aliphatic carbocycles. The molecule has 1 atom stereocenters. The predicted octanol–water partition coefficient (Wildman–Crippen LogP) is 1.73. The van der Waals surface area contributed by atoms with Crippen LogP contribution in [0.2, 0.25) is 0 Å². The first kappa shape index (κ1) is 14.8. The monoisotopic (exact) mass is 285 g/mol. The molecule has 21 heavy (non-hydrogen) atoms. The third-order valence-electron chi connectivity index (χ3n) is 3.02. The van der Waals surface area contributed by atoms with E-state index < -0.39 is 0 Å². The summed E-state index contributed by atoms with van der Waals surface area (Å²) >= 11 is 0. The molecule has 110 valence electrons. The Morgan fingerprint density at radius 3 is 2.38 bits per heavy atom. The number of amides is 1. The van der Waals surface area contributed by atoms with Gasteiger partial charge in [0.1, 0.15) is 17.7 Å². The molecule has 6 heteroatoms. The highest BCUT2D eigenvalue weighted by molar-refractivity contribution is 5.83. The second-order valence-electron chi connectivity index (χ2n) is 4.56. The standard InChI is InChI=1S/C15H19N5O/c1-10(15(21)17-3)18-13-9-12(16-2)19-14(20-13)11-7-5-4-6-8-11/h4-10H,1-3H3,(H,17,21)(H2,16,18,19,20). The second kappa shape index (κ2) is 6.69.